The highest BCUT2D eigenvalue weighted by Crippen LogP contribution is 2.81. The summed E-state index contributed by atoms with van der Waals surface area (Å²) in [6.45, 7) is 16.8. The van der Waals surface area contributed by atoms with Gasteiger partial charge in [0.1, 0.15) is 22.7 Å². The summed E-state index contributed by atoms with van der Waals surface area (Å²) in [5.74, 6) is -0.421. The zero-order valence-electron chi connectivity index (χ0n) is 19.0. The molecule has 8 atom stereocenters. The van der Waals surface area contributed by atoms with Crippen LogP contribution in [0.4, 0.5) is 0 Å². The van der Waals surface area contributed by atoms with Crippen LogP contribution in [0.25, 0.3) is 0 Å². The van der Waals surface area contributed by atoms with E-state index in [1.54, 1.807) is 6.08 Å². The van der Waals surface area contributed by atoms with Gasteiger partial charge in [-0.1, -0.05) is 39.0 Å². The molecule has 0 aromatic heterocycles. The maximum Gasteiger partial charge on any atom is 0.330 e. The summed E-state index contributed by atoms with van der Waals surface area (Å²) in [6, 6.07) is 0. The number of aliphatic hydroxyl groups is 1. The van der Waals surface area contributed by atoms with Crippen molar-refractivity contribution in [2.75, 3.05) is 0 Å². The van der Waals surface area contributed by atoms with Gasteiger partial charge in [0, 0.05) is 12.0 Å². The van der Waals surface area contributed by atoms with Gasteiger partial charge in [-0.05, 0) is 68.6 Å². The van der Waals surface area contributed by atoms with Crippen LogP contribution in [0.1, 0.15) is 67.2 Å². The molecule has 5 heteroatoms. The predicted octanol–water partition coefficient (Wildman–Crippen LogP) is 3.95. The third-order valence-electron chi connectivity index (χ3n) is 10.3. The number of fused-ring (bicyclic) bond motifs is 4. The molecule has 3 saturated carbocycles. The van der Waals surface area contributed by atoms with Crippen molar-refractivity contribution in [3.8, 4) is 0 Å². The molecule has 5 nitrogen and oxygen atoms in total. The Morgan fingerprint density at radius 2 is 1.80 bits per heavy atom. The monoisotopic (exact) mass is 414 g/mol. The van der Waals surface area contributed by atoms with Crippen molar-refractivity contribution in [2.45, 2.75) is 84.5 Å². The van der Waals surface area contributed by atoms with Gasteiger partial charge in [0.25, 0.3) is 0 Å². The Labute approximate surface area is 178 Å². The highest BCUT2D eigenvalue weighted by Gasteiger charge is 2.85. The van der Waals surface area contributed by atoms with Crippen LogP contribution in [0.5, 0.6) is 0 Å². The molecule has 0 unspecified atom stereocenters. The fourth-order valence-corrected chi connectivity index (χ4v) is 9.05. The predicted molar refractivity (Wildman–Crippen MR) is 111 cm³/mol. The van der Waals surface area contributed by atoms with Crippen LogP contribution in [0.2, 0.25) is 0 Å². The van der Waals surface area contributed by atoms with E-state index in [-0.39, 0.29) is 34.6 Å². The average molecular weight is 415 g/mol. The van der Waals surface area contributed by atoms with Crippen molar-refractivity contribution in [3.05, 3.63) is 24.3 Å². The number of carbonyl (C=O) groups excluding carboxylic acids is 2. The minimum atomic E-state index is -1.25. The first-order chi connectivity index (χ1) is 13.7. The zero-order chi connectivity index (χ0) is 22.1. The summed E-state index contributed by atoms with van der Waals surface area (Å²) in [7, 11) is 0. The molecule has 30 heavy (non-hydrogen) atoms. The fourth-order valence-electron chi connectivity index (χ4n) is 9.05. The van der Waals surface area contributed by atoms with E-state index in [4.69, 9.17) is 9.47 Å². The van der Waals surface area contributed by atoms with Crippen LogP contribution in [0, 0.1) is 33.5 Å². The van der Waals surface area contributed by atoms with E-state index in [1.807, 2.05) is 26.8 Å². The first-order valence-electron chi connectivity index (χ1n) is 11.2. The molecule has 3 aliphatic carbocycles. The number of ether oxygens (including phenoxy) is 2. The molecule has 0 aromatic rings. The van der Waals surface area contributed by atoms with Gasteiger partial charge in [-0.25, -0.2) is 4.79 Å². The van der Waals surface area contributed by atoms with Crippen LogP contribution in [-0.4, -0.2) is 34.4 Å². The summed E-state index contributed by atoms with van der Waals surface area (Å²) in [5.41, 5.74) is -3.35. The Bertz CT molecular complexity index is 918. The molecule has 4 fully saturated rings. The van der Waals surface area contributed by atoms with Gasteiger partial charge < -0.3 is 14.6 Å². The first kappa shape index (κ1) is 20.3. The number of hydrogen-bond donors (Lipinski definition) is 1. The molecule has 1 spiro atoms. The maximum absolute atomic E-state index is 13.6. The molecule has 2 heterocycles. The zero-order valence-corrected chi connectivity index (χ0v) is 19.0. The highest BCUT2D eigenvalue weighted by molar-refractivity contribution is 5.89. The number of hydrogen-bond acceptors (Lipinski definition) is 5. The van der Waals surface area contributed by atoms with E-state index < -0.39 is 28.1 Å². The minimum Gasteiger partial charge on any atom is -0.459 e. The summed E-state index contributed by atoms with van der Waals surface area (Å²) in [6.07, 6.45) is 5.92. The summed E-state index contributed by atoms with van der Waals surface area (Å²) >= 11 is 0. The summed E-state index contributed by atoms with van der Waals surface area (Å²) in [4.78, 5) is 26.0. The molecule has 1 saturated heterocycles. The molecule has 164 valence electrons. The minimum absolute atomic E-state index is 0.0798. The van der Waals surface area contributed by atoms with E-state index in [0.717, 1.165) is 24.8 Å². The Kier molecular flexibility index (Phi) is 3.54. The second kappa shape index (κ2) is 5.23. The lowest BCUT2D eigenvalue weighted by atomic mass is 9.37. The van der Waals surface area contributed by atoms with E-state index >= 15 is 0 Å². The lowest BCUT2D eigenvalue weighted by Gasteiger charge is -2.65. The highest BCUT2D eigenvalue weighted by atomic mass is 16.6. The fraction of sp³-hybridized carbons (Fsp3) is 0.760. The lowest BCUT2D eigenvalue weighted by Crippen LogP contribution is -2.66. The standard InChI is InChI=1S/C25H34O5/c1-14-21(5)12-17-22(6)10-9-18(26)30-20(3,4)16(22)8-11-23(17,7)25(14)19(27)29-15(2)24(25,28)13-21/h9-10,15-17,28H,1,8,11-13H2,2-7H3/t15-,16+,17-,21-,22+,23-,24-,25-/m0/s1. The number of allylic oxidation sites excluding steroid dienone is 1. The van der Waals surface area contributed by atoms with E-state index in [1.165, 1.54) is 0 Å². The molecular formula is C25H34O5. The topological polar surface area (TPSA) is 72.8 Å². The van der Waals surface area contributed by atoms with Crippen LogP contribution in [0.3, 0.4) is 0 Å². The second-order valence-corrected chi connectivity index (χ2v) is 11.9. The lowest BCUT2D eigenvalue weighted by molar-refractivity contribution is -0.196. The smallest absolute Gasteiger partial charge is 0.330 e. The molecule has 1 N–H and O–H groups in total. The first-order valence-corrected chi connectivity index (χ1v) is 11.2. The van der Waals surface area contributed by atoms with Crippen molar-refractivity contribution in [2.24, 2.45) is 33.5 Å². The van der Waals surface area contributed by atoms with Crippen molar-refractivity contribution in [3.63, 3.8) is 0 Å². The van der Waals surface area contributed by atoms with Gasteiger partial charge in [-0.2, -0.15) is 0 Å². The van der Waals surface area contributed by atoms with Gasteiger partial charge in [0.2, 0.25) is 0 Å². The third-order valence-corrected chi connectivity index (χ3v) is 10.3. The molecule has 0 amide bonds. The van der Waals surface area contributed by atoms with Crippen molar-refractivity contribution >= 4 is 11.9 Å². The maximum atomic E-state index is 13.6. The molecule has 5 aliphatic rings. The average Bonchev–Trinajstić information content (AvgIpc) is 2.84. The van der Waals surface area contributed by atoms with Crippen LogP contribution >= 0.6 is 0 Å². The number of esters is 2. The number of rotatable bonds is 0. The molecule has 5 rings (SSSR count). The Hall–Kier alpha value is -1.62. The van der Waals surface area contributed by atoms with Gasteiger partial charge >= 0.3 is 11.9 Å². The van der Waals surface area contributed by atoms with E-state index in [2.05, 4.69) is 27.4 Å². The quantitative estimate of drug-likeness (QED) is 0.480. The van der Waals surface area contributed by atoms with Crippen LogP contribution in [-0.2, 0) is 19.1 Å². The Morgan fingerprint density at radius 3 is 2.47 bits per heavy atom. The Balaban J connectivity index is 1.77. The second-order valence-electron chi connectivity index (χ2n) is 11.9. The number of carbonyl (C=O) groups is 2. The molecule has 0 radical (unpaired) electrons. The van der Waals surface area contributed by atoms with Crippen molar-refractivity contribution in [1.29, 1.82) is 0 Å². The van der Waals surface area contributed by atoms with Gasteiger partial charge in [-0.3, -0.25) is 4.79 Å². The SMILES string of the molecule is C=C1[C@@]2(C)C[C@H]3[C@]4(C)C=CC(=O)OC(C)(C)[C@H]4CC[C@]3(C)[C@@]13C(=O)O[C@@H](C)[C@@]3(O)C2. The van der Waals surface area contributed by atoms with Crippen LogP contribution in [0.15, 0.2) is 24.3 Å². The van der Waals surface area contributed by atoms with Gasteiger partial charge in [0.05, 0.1) is 0 Å². The van der Waals surface area contributed by atoms with Crippen molar-refractivity contribution < 1.29 is 24.2 Å². The summed E-state index contributed by atoms with van der Waals surface area (Å²) < 4.78 is 11.6. The van der Waals surface area contributed by atoms with Crippen molar-refractivity contribution in [1.82, 2.24) is 0 Å². The molecule has 0 aromatic carbocycles. The van der Waals surface area contributed by atoms with Gasteiger partial charge in [-0.15, -0.1) is 0 Å². The third kappa shape index (κ3) is 1.83. The number of cyclic esters (lactones) is 2. The van der Waals surface area contributed by atoms with Gasteiger partial charge in [0.15, 0.2) is 0 Å². The Morgan fingerprint density at radius 1 is 1.13 bits per heavy atom. The van der Waals surface area contributed by atoms with Crippen LogP contribution < -0.4 is 0 Å². The normalized spacial score (nSPS) is 55.8. The molecular weight excluding hydrogens is 380 g/mol. The molecule has 2 aliphatic heterocycles. The van der Waals surface area contributed by atoms with E-state index in [0.29, 0.717) is 6.42 Å². The largest absolute Gasteiger partial charge is 0.459 e. The summed E-state index contributed by atoms with van der Waals surface area (Å²) in [5, 5.41) is 12.0. The molecule has 2 bridgehead atoms. The van der Waals surface area contributed by atoms with E-state index in [9.17, 15) is 14.7 Å².